The van der Waals surface area contributed by atoms with Crippen molar-refractivity contribution in [3.63, 3.8) is 0 Å². The van der Waals surface area contributed by atoms with E-state index in [0.717, 1.165) is 12.3 Å². The summed E-state index contributed by atoms with van der Waals surface area (Å²) in [6.07, 6.45) is 3.50. The normalized spacial score (nSPS) is 23.5. The van der Waals surface area contributed by atoms with Crippen molar-refractivity contribution in [2.45, 2.75) is 65.0 Å². The molecule has 3 atom stereocenters. The Kier molecular flexibility index (Phi) is 6.27. The topological polar surface area (TPSA) is 33.9 Å². The van der Waals surface area contributed by atoms with E-state index < -0.39 is 6.10 Å². The number of likely N-dealkylation sites (tertiary alicyclic amines) is 1. The van der Waals surface area contributed by atoms with Crippen molar-refractivity contribution in [3.8, 4) is 5.75 Å². The quantitative estimate of drug-likeness (QED) is 0.846. The number of nitrogens with one attached hydrogen (secondary N) is 1. The molecule has 1 aliphatic heterocycles. The highest BCUT2D eigenvalue weighted by Crippen LogP contribution is 2.27. The van der Waals surface area contributed by atoms with Crippen LogP contribution in [0, 0.1) is 6.92 Å². The third-order valence-corrected chi connectivity index (χ3v) is 4.80. The average Bonchev–Trinajstić information content (AvgIpc) is 2.47. The van der Waals surface area contributed by atoms with Crippen LogP contribution >= 0.6 is 0 Å². The molecule has 124 valence electrons. The maximum Gasteiger partial charge on any atom is 0.137 e. The molecule has 0 amide bonds. The van der Waals surface area contributed by atoms with E-state index in [1.54, 1.807) is 0 Å². The van der Waals surface area contributed by atoms with Gasteiger partial charge < -0.3 is 14.7 Å². The summed E-state index contributed by atoms with van der Waals surface area (Å²) in [5.41, 5.74) is 2.42. The van der Waals surface area contributed by atoms with Crippen LogP contribution in [0.1, 0.15) is 57.1 Å². The molecule has 2 rings (SSSR count). The fraction of sp³-hybridized carbons (Fsp3) is 0.684. The van der Waals surface area contributed by atoms with Crippen LogP contribution in [0.3, 0.4) is 0 Å². The number of benzene rings is 1. The average molecular weight is 306 g/mol. The second-order valence-corrected chi connectivity index (χ2v) is 7.17. The molecular formula is C19H32NO2+. The minimum absolute atomic E-state index is 0.388. The number of aliphatic hydroxyl groups is 1. The Hall–Kier alpha value is -1.06. The monoisotopic (exact) mass is 306 g/mol. The minimum atomic E-state index is -0.393. The second kappa shape index (κ2) is 7.98. The number of hydrogen-bond acceptors (Lipinski definition) is 2. The highest BCUT2D eigenvalue weighted by molar-refractivity contribution is 5.39. The Morgan fingerprint density at radius 3 is 2.77 bits per heavy atom. The van der Waals surface area contributed by atoms with Crippen molar-refractivity contribution in [2.24, 2.45) is 0 Å². The fourth-order valence-corrected chi connectivity index (χ4v) is 3.35. The molecule has 1 heterocycles. The van der Waals surface area contributed by atoms with Crippen molar-refractivity contribution >= 4 is 0 Å². The van der Waals surface area contributed by atoms with E-state index in [1.165, 1.54) is 41.8 Å². The zero-order valence-electron chi connectivity index (χ0n) is 14.6. The van der Waals surface area contributed by atoms with Gasteiger partial charge in [-0.3, -0.25) is 0 Å². The number of aryl methyl sites for hydroxylation is 1. The molecule has 3 nitrogen and oxygen atoms in total. The first-order valence-electron chi connectivity index (χ1n) is 8.73. The molecule has 1 aliphatic rings. The summed E-state index contributed by atoms with van der Waals surface area (Å²) in [5.74, 6) is 1.36. The molecule has 1 unspecified atom stereocenters. The van der Waals surface area contributed by atoms with E-state index in [9.17, 15) is 5.11 Å². The van der Waals surface area contributed by atoms with Crippen LogP contribution in [0.5, 0.6) is 5.75 Å². The van der Waals surface area contributed by atoms with Gasteiger partial charge in [0.05, 0.1) is 12.6 Å². The molecule has 0 spiro atoms. The predicted molar refractivity (Wildman–Crippen MR) is 90.8 cm³/mol. The zero-order valence-corrected chi connectivity index (χ0v) is 14.6. The standard InChI is InChI=1S/C19H31NO2/c1-14(2)18-9-8-15(3)11-19(18)22-13-17(21)12-20-10-6-5-7-16(20)4/h8-9,11,14,16-17,21H,5-7,10,12-13H2,1-4H3/p+1/t16-,17-/m1/s1. The molecule has 0 saturated carbocycles. The number of rotatable bonds is 6. The highest BCUT2D eigenvalue weighted by Gasteiger charge is 2.24. The van der Waals surface area contributed by atoms with E-state index >= 15 is 0 Å². The first-order chi connectivity index (χ1) is 10.5. The SMILES string of the molecule is Cc1ccc(C(C)C)c(OC[C@H](O)C[NH+]2CCCC[C@H]2C)c1. The lowest BCUT2D eigenvalue weighted by molar-refractivity contribution is -0.931. The Bertz CT molecular complexity index is 473. The summed E-state index contributed by atoms with van der Waals surface area (Å²) < 4.78 is 5.95. The van der Waals surface area contributed by atoms with Crippen LogP contribution in [0.4, 0.5) is 0 Å². The minimum Gasteiger partial charge on any atom is -0.490 e. The van der Waals surface area contributed by atoms with Crippen molar-refractivity contribution in [1.29, 1.82) is 0 Å². The smallest absolute Gasteiger partial charge is 0.137 e. The van der Waals surface area contributed by atoms with Gasteiger partial charge in [-0.1, -0.05) is 26.0 Å². The maximum absolute atomic E-state index is 10.3. The van der Waals surface area contributed by atoms with Gasteiger partial charge in [-0.25, -0.2) is 0 Å². The number of quaternary nitrogens is 1. The summed E-state index contributed by atoms with van der Waals surface area (Å²) in [7, 11) is 0. The predicted octanol–water partition coefficient (Wildman–Crippen LogP) is 2.32. The lowest BCUT2D eigenvalue weighted by Crippen LogP contribution is -3.17. The number of hydrogen-bond donors (Lipinski definition) is 2. The summed E-state index contributed by atoms with van der Waals surface area (Å²) in [6, 6.07) is 7.00. The van der Waals surface area contributed by atoms with E-state index in [1.807, 2.05) is 0 Å². The van der Waals surface area contributed by atoms with Crippen LogP contribution in [0.25, 0.3) is 0 Å². The number of ether oxygens (including phenoxy) is 1. The van der Waals surface area contributed by atoms with Crippen molar-refractivity contribution < 1.29 is 14.7 Å². The van der Waals surface area contributed by atoms with Gasteiger partial charge in [-0.05, 0) is 56.2 Å². The van der Waals surface area contributed by atoms with Gasteiger partial charge in [0.1, 0.15) is 25.0 Å². The molecule has 0 bridgehead atoms. The molecule has 1 fully saturated rings. The van der Waals surface area contributed by atoms with Gasteiger partial charge in [0.2, 0.25) is 0 Å². The van der Waals surface area contributed by atoms with Crippen molar-refractivity contribution in [1.82, 2.24) is 0 Å². The van der Waals surface area contributed by atoms with Gasteiger partial charge in [0.25, 0.3) is 0 Å². The van der Waals surface area contributed by atoms with E-state index in [-0.39, 0.29) is 0 Å². The Morgan fingerprint density at radius 1 is 1.32 bits per heavy atom. The third-order valence-electron chi connectivity index (χ3n) is 4.80. The number of piperidine rings is 1. The van der Waals surface area contributed by atoms with Crippen molar-refractivity contribution in [2.75, 3.05) is 19.7 Å². The van der Waals surface area contributed by atoms with Crippen LogP contribution in [0.2, 0.25) is 0 Å². The number of aliphatic hydroxyl groups excluding tert-OH is 1. The van der Waals surface area contributed by atoms with Gasteiger partial charge in [-0.15, -0.1) is 0 Å². The molecule has 3 heteroatoms. The molecule has 22 heavy (non-hydrogen) atoms. The lowest BCUT2D eigenvalue weighted by Gasteiger charge is -2.31. The molecule has 0 radical (unpaired) electrons. The Morgan fingerprint density at radius 2 is 2.09 bits per heavy atom. The van der Waals surface area contributed by atoms with E-state index in [2.05, 4.69) is 45.9 Å². The van der Waals surface area contributed by atoms with E-state index in [0.29, 0.717) is 18.6 Å². The van der Waals surface area contributed by atoms with Crippen molar-refractivity contribution in [3.05, 3.63) is 29.3 Å². The molecule has 1 aromatic carbocycles. The van der Waals surface area contributed by atoms with Crippen LogP contribution in [0.15, 0.2) is 18.2 Å². The molecule has 2 N–H and O–H groups in total. The largest absolute Gasteiger partial charge is 0.490 e. The first kappa shape index (κ1) is 17.3. The molecule has 0 aromatic heterocycles. The Labute approximate surface area is 135 Å². The van der Waals surface area contributed by atoms with Gasteiger partial charge >= 0.3 is 0 Å². The fourth-order valence-electron chi connectivity index (χ4n) is 3.35. The first-order valence-corrected chi connectivity index (χ1v) is 8.73. The van der Waals surface area contributed by atoms with Gasteiger partial charge in [0.15, 0.2) is 0 Å². The lowest BCUT2D eigenvalue weighted by atomic mass is 10.0. The van der Waals surface area contributed by atoms with Crippen LogP contribution < -0.4 is 9.64 Å². The third kappa shape index (κ3) is 4.72. The molecule has 1 aromatic rings. The maximum atomic E-state index is 10.3. The molecule has 1 saturated heterocycles. The van der Waals surface area contributed by atoms with E-state index in [4.69, 9.17) is 4.74 Å². The molecular weight excluding hydrogens is 274 g/mol. The van der Waals surface area contributed by atoms with Crippen LogP contribution in [-0.4, -0.2) is 36.9 Å². The van der Waals surface area contributed by atoms with Gasteiger partial charge in [0, 0.05) is 0 Å². The summed E-state index contributed by atoms with van der Waals surface area (Å²) in [4.78, 5) is 1.52. The second-order valence-electron chi connectivity index (χ2n) is 7.17. The summed E-state index contributed by atoms with van der Waals surface area (Å²) in [6.45, 7) is 11.1. The van der Waals surface area contributed by atoms with Crippen LogP contribution in [-0.2, 0) is 0 Å². The highest BCUT2D eigenvalue weighted by atomic mass is 16.5. The Balaban J connectivity index is 1.90. The molecule has 0 aliphatic carbocycles. The van der Waals surface area contributed by atoms with Gasteiger partial charge in [-0.2, -0.15) is 0 Å². The summed E-state index contributed by atoms with van der Waals surface area (Å²) in [5, 5.41) is 10.3. The zero-order chi connectivity index (χ0) is 16.1. The summed E-state index contributed by atoms with van der Waals surface area (Å²) >= 11 is 0.